The molecule has 5 nitrogen and oxygen atoms in total. The van der Waals surface area contributed by atoms with Gasteiger partial charge in [-0.15, -0.1) is 0 Å². The molecule has 0 radical (unpaired) electrons. The highest BCUT2D eigenvalue weighted by molar-refractivity contribution is 6.06. The third-order valence-corrected chi connectivity index (χ3v) is 3.99. The van der Waals surface area contributed by atoms with E-state index in [1.807, 2.05) is 0 Å². The van der Waals surface area contributed by atoms with Crippen LogP contribution in [0.1, 0.15) is 16.1 Å². The van der Waals surface area contributed by atoms with Crippen LogP contribution in [0.3, 0.4) is 0 Å². The highest BCUT2D eigenvalue weighted by atomic mass is 19.1. The van der Waals surface area contributed by atoms with Gasteiger partial charge in [-0.05, 0) is 49.4 Å². The number of fused-ring (bicyclic) bond motifs is 1. The second kappa shape index (κ2) is 6.11. The van der Waals surface area contributed by atoms with Crippen molar-refractivity contribution in [1.29, 1.82) is 0 Å². The molecular weight excluding hydrogens is 342 g/mol. The number of rotatable bonds is 3. The number of anilines is 1. The summed E-state index contributed by atoms with van der Waals surface area (Å²) in [5.41, 5.74) is 2.03. The molecule has 1 N–H and O–H groups in total. The van der Waals surface area contributed by atoms with Crippen LogP contribution in [0.2, 0.25) is 0 Å². The minimum Gasteiger partial charge on any atom is -0.451 e. The van der Waals surface area contributed by atoms with E-state index in [-0.39, 0.29) is 17.5 Å². The number of aromatic nitrogens is 1. The van der Waals surface area contributed by atoms with E-state index in [2.05, 4.69) is 10.5 Å². The second-order valence-electron chi connectivity index (χ2n) is 5.73. The minimum absolute atomic E-state index is 0.0605. The lowest BCUT2D eigenvalue weighted by molar-refractivity contribution is 0.0994. The fraction of sp³-hybridized carbons (Fsp3) is 0.0526. The molecule has 4 rings (SSSR count). The number of halogens is 2. The molecule has 0 spiro atoms. The topological polar surface area (TPSA) is 68.3 Å². The summed E-state index contributed by atoms with van der Waals surface area (Å²) in [7, 11) is 0. The van der Waals surface area contributed by atoms with Crippen LogP contribution < -0.4 is 5.32 Å². The van der Waals surface area contributed by atoms with Crippen molar-refractivity contribution in [2.45, 2.75) is 6.92 Å². The third-order valence-electron chi connectivity index (χ3n) is 3.99. The number of nitrogens with one attached hydrogen (secondary N) is 1. The zero-order valence-corrected chi connectivity index (χ0v) is 13.5. The molecule has 0 atom stereocenters. The van der Waals surface area contributed by atoms with Gasteiger partial charge in [0.15, 0.2) is 5.76 Å². The van der Waals surface area contributed by atoms with Crippen LogP contribution in [0, 0.1) is 18.6 Å². The highest BCUT2D eigenvalue weighted by Crippen LogP contribution is 2.27. The number of benzene rings is 2. The van der Waals surface area contributed by atoms with E-state index in [1.165, 1.54) is 36.4 Å². The Labute approximate surface area is 146 Å². The molecule has 0 aliphatic rings. The van der Waals surface area contributed by atoms with Crippen molar-refractivity contribution >= 4 is 22.8 Å². The maximum atomic E-state index is 13.4. The first-order valence-corrected chi connectivity index (χ1v) is 7.74. The summed E-state index contributed by atoms with van der Waals surface area (Å²) < 4.78 is 37.0. The van der Waals surface area contributed by atoms with Gasteiger partial charge in [-0.25, -0.2) is 8.78 Å². The monoisotopic (exact) mass is 354 g/mol. The summed E-state index contributed by atoms with van der Waals surface area (Å²) in [5, 5.41) is 6.92. The second-order valence-corrected chi connectivity index (χ2v) is 5.73. The van der Waals surface area contributed by atoms with Crippen LogP contribution in [0.5, 0.6) is 0 Å². The van der Waals surface area contributed by atoms with E-state index >= 15 is 0 Å². The molecule has 2 aromatic heterocycles. The summed E-state index contributed by atoms with van der Waals surface area (Å²) >= 11 is 0. The van der Waals surface area contributed by atoms with Gasteiger partial charge in [-0.1, -0.05) is 5.16 Å². The number of aryl methyl sites for hydroxylation is 1. The summed E-state index contributed by atoms with van der Waals surface area (Å²) in [6.07, 6.45) is 0. The van der Waals surface area contributed by atoms with Crippen molar-refractivity contribution in [3.05, 3.63) is 71.5 Å². The molecule has 0 saturated carbocycles. The quantitative estimate of drug-likeness (QED) is 0.567. The Bertz CT molecular complexity index is 1110. The largest absolute Gasteiger partial charge is 0.451 e. The van der Waals surface area contributed by atoms with E-state index in [0.29, 0.717) is 27.8 Å². The van der Waals surface area contributed by atoms with Crippen LogP contribution in [0.15, 0.2) is 57.5 Å². The normalized spacial score (nSPS) is 11.0. The molecule has 0 bridgehead atoms. The standard InChI is InChI=1S/C19H12F2N2O3/c1-10-14-8-13(21)6-7-16(14)25-18(10)19(24)22-17-9-15(23-26-17)11-2-4-12(20)5-3-11/h2-9H,1H3,(H,22,24). The van der Waals surface area contributed by atoms with E-state index in [0.717, 1.165) is 0 Å². The minimum atomic E-state index is -0.541. The van der Waals surface area contributed by atoms with Gasteiger partial charge in [-0.3, -0.25) is 10.1 Å². The maximum absolute atomic E-state index is 13.4. The van der Waals surface area contributed by atoms with Gasteiger partial charge < -0.3 is 8.94 Å². The van der Waals surface area contributed by atoms with Crippen molar-refractivity contribution in [3.63, 3.8) is 0 Å². The number of carbonyl (C=O) groups is 1. The first-order valence-electron chi connectivity index (χ1n) is 7.74. The SMILES string of the molecule is Cc1c(C(=O)Nc2cc(-c3ccc(F)cc3)no2)oc2ccc(F)cc12. The van der Waals surface area contributed by atoms with Crippen molar-refractivity contribution in [3.8, 4) is 11.3 Å². The molecule has 1 amide bonds. The zero-order chi connectivity index (χ0) is 18.3. The molecule has 0 aliphatic heterocycles. The lowest BCUT2D eigenvalue weighted by atomic mass is 10.1. The first kappa shape index (κ1) is 16.0. The summed E-state index contributed by atoms with van der Waals surface area (Å²) in [6, 6.07) is 11.3. The molecule has 2 aromatic carbocycles. The summed E-state index contributed by atoms with van der Waals surface area (Å²) in [6.45, 7) is 1.67. The van der Waals surface area contributed by atoms with Crippen LogP contribution >= 0.6 is 0 Å². The Balaban J connectivity index is 1.59. The van der Waals surface area contributed by atoms with E-state index in [4.69, 9.17) is 8.94 Å². The van der Waals surface area contributed by atoms with Gasteiger partial charge in [0.05, 0.1) is 0 Å². The molecule has 0 saturated heterocycles. The molecule has 130 valence electrons. The van der Waals surface area contributed by atoms with Crippen molar-refractivity contribution in [2.24, 2.45) is 0 Å². The molecule has 7 heteroatoms. The van der Waals surface area contributed by atoms with Crippen molar-refractivity contribution in [1.82, 2.24) is 5.16 Å². The molecule has 0 fully saturated rings. The van der Waals surface area contributed by atoms with Gasteiger partial charge in [-0.2, -0.15) is 0 Å². The maximum Gasteiger partial charge on any atom is 0.294 e. The molecule has 26 heavy (non-hydrogen) atoms. The number of hydrogen-bond acceptors (Lipinski definition) is 4. The zero-order valence-electron chi connectivity index (χ0n) is 13.5. The molecular formula is C19H12F2N2O3. The Hall–Kier alpha value is -3.48. The Morgan fingerprint density at radius 1 is 1.04 bits per heavy atom. The third kappa shape index (κ3) is 2.83. The average Bonchev–Trinajstić information content (AvgIpc) is 3.21. The summed E-state index contributed by atoms with van der Waals surface area (Å²) in [4.78, 5) is 12.4. The fourth-order valence-corrected chi connectivity index (χ4v) is 2.67. The van der Waals surface area contributed by atoms with Gasteiger partial charge in [0, 0.05) is 22.6 Å². The molecule has 0 aliphatic carbocycles. The van der Waals surface area contributed by atoms with Gasteiger partial charge in [0.2, 0.25) is 5.88 Å². The van der Waals surface area contributed by atoms with Crippen molar-refractivity contribution < 1.29 is 22.5 Å². The Kier molecular flexibility index (Phi) is 3.76. The van der Waals surface area contributed by atoms with Gasteiger partial charge in [0.1, 0.15) is 22.9 Å². The summed E-state index contributed by atoms with van der Waals surface area (Å²) in [5.74, 6) is -1.14. The lowest BCUT2D eigenvalue weighted by Crippen LogP contribution is -2.11. The van der Waals surface area contributed by atoms with E-state index < -0.39 is 11.7 Å². The van der Waals surface area contributed by atoms with Crippen molar-refractivity contribution in [2.75, 3.05) is 5.32 Å². The predicted octanol–water partition coefficient (Wildman–Crippen LogP) is 4.93. The number of carbonyl (C=O) groups excluding carboxylic acids is 1. The number of furan rings is 1. The number of hydrogen-bond donors (Lipinski definition) is 1. The van der Waals surface area contributed by atoms with E-state index in [1.54, 1.807) is 19.1 Å². The fourth-order valence-electron chi connectivity index (χ4n) is 2.67. The van der Waals surface area contributed by atoms with Crippen LogP contribution in [-0.2, 0) is 0 Å². The van der Waals surface area contributed by atoms with Gasteiger partial charge >= 0.3 is 0 Å². The number of nitrogens with zero attached hydrogens (tertiary/aromatic N) is 1. The molecule has 2 heterocycles. The highest BCUT2D eigenvalue weighted by Gasteiger charge is 2.20. The predicted molar refractivity (Wildman–Crippen MR) is 90.8 cm³/mol. The van der Waals surface area contributed by atoms with Crippen LogP contribution in [0.4, 0.5) is 14.7 Å². The average molecular weight is 354 g/mol. The van der Waals surface area contributed by atoms with Gasteiger partial charge in [0.25, 0.3) is 5.91 Å². The Morgan fingerprint density at radius 3 is 2.54 bits per heavy atom. The Morgan fingerprint density at radius 2 is 1.77 bits per heavy atom. The smallest absolute Gasteiger partial charge is 0.294 e. The number of amides is 1. The molecule has 0 unspecified atom stereocenters. The van der Waals surface area contributed by atoms with Crippen LogP contribution in [-0.4, -0.2) is 11.1 Å². The molecule has 4 aromatic rings. The lowest BCUT2D eigenvalue weighted by Gasteiger charge is -1.98. The first-order chi connectivity index (χ1) is 12.5. The van der Waals surface area contributed by atoms with E-state index in [9.17, 15) is 13.6 Å². The van der Waals surface area contributed by atoms with Crippen LogP contribution in [0.25, 0.3) is 22.2 Å².